The second-order valence-corrected chi connectivity index (χ2v) is 6.79. The molecule has 2 heteroatoms. The predicted octanol–water partition coefficient (Wildman–Crippen LogP) is 5.73. The number of fused-ring (bicyclic) bond motifs is 2. The molecule has 0 aromatic heterocycles. The van der Waals surface area contributed by atoms with Crippen molar-refractivity contribution >= 4 is 0 Å². The zero-order valence-electron chi connectivity index (χ0n) is 15.7. The van der Waals surface area contributed by atoms with Gasteiger partial charge in [0.05, 0.1) is 0 Å². The minimum atomic E-state index is -0.347. The lowest BCUT2D eigenvalue weighted by molar-refractivity contribution is 0.161. The van der Waals surface area contributed by atoms with Crippen LogP contribution >= 0.6 is 0 Å². The van der Waals surface area contributed by atoms with Gasteiger partial charge in [-0.1, -0.05) is 74.5 Å². The molecule has 2 nitrogen and oxygen atoms in total. The molecule has 0 atom stereocenters. The average Bonchev–Trinajstić information content (AvgIpc) is 2.68. The molecule has 3 aromatic rings. The van der Waals surface area contributed by atoms with E-state index in [0.717, 1.165) is 24.6 Å². The molecule has 0 saturated carbocycles. The molecule has 0 amide bonds. The first-order valence-electron chi connectivity index (χ1n) is 9.41. The summed E-state index contributed by atoms with van der Waals surface area (Å²) in [7, 11) is 0. The lowest BCUT2D eigenvalue weighted by atomic mass is 9.72. The number of hydrogen-bond donors (Lipinski definition) is 0. The molecule has 0 spiro atoms. The van der Waals surface area contributed by atoms with Crippen LogP contribution in [0.3, 0.4) is 0 Å². The van der Waals surface area contributed by atoms with E-state index in [0.29, 0.717) is 0 Å². The van der Waals surface area contributed by atoms with Gasteiger partial charge in [-0.05, 0) is 43.3 Å². The van der Waals surface area contributed by atoms with E-state index in [2.05, 4.69) is 98.5 Å². The highest BCUT2D eigenvalue weighted by atomic mass is 16.5. The van der Waals surface area contributed by atoms with Crippen molar-refractivity contribution in [1.29, 1.82) is 0 Å². The molecule has 132 valence electrons. The molecule has 0 fully saturated rings. The molecule has 1 heterocycles. The summed E-state index contributed by atoms with van der Waals surface area (Å²) in [5, 5.41) is 0. The van der Waals surface area contributed by atoms with Crippen molar-refractivity contribution in [3.05, 3.63) is 95.1 Å². The number of rotatable bonds is 4. The van der Waals surface area contributed by atoms with Gasteiger partial charge in [-0.3, -0.25) is 4.90 Å². The van der Waals surface area contributed by atoms with Gasteiger partial charge in [0.25, 0.3) is 0 Å². The van der Waals surface area contributed by atoms with E-state index < -0.39 is 0 Å². The SMILES string of the molecule is CCN(CC)C1(c2ccccc2C)c2ccccc2Oc2ccccc21. The van der Waals surface area contributed by atoms with Crippen LogP contribution in [0.1, 0.15) is 36.1 Å². The number of nitrogens with zero attached hydrogens (tertiary/aromatic N) is 1. The molecule has 0 saturated heterocycles. The van der Waals surface area contributed by atoms with Crippen LogP contribution < -0.4 is 4.74 Å². The van der Waals surface area contributed by atoms with Crippen molar-refractivity contribution in [2.24, 2.45) is 0 Å². The topological polar surface area (TPSA) is 12.5 Å². The zero-order valence-corrected chi connectivity index (χ0v) is 15.7. The molecule has 0 bridgehead atoms. The Hall–Kier alpha value is -2.58. The quantitative estimate of drug-likeness (QED) is 0.599. The van der Waals surface area contributed by atoms with E-state index in [4.69, 9.17) is 4.74 Å². The van der Waals surface area contributed by atoms with E-state index >= 15 is 0 Å². The van der Waals surface area contributed by atoms with Crippen molar-refractivity contribution in [1.82, 2.24) is 4.90 Å². The standard InChI is InChI=1S/C24H25NO/c1-4-25(5-2)24(19-13-7-6-12-18(19)3)20-14-8-10-16-22(20)26-23-17-11-9-15-21(23)24/h6-17H,4-5H2,1-3H3. The summed E-state index contributed by atoms with van der Waals surface area (Å²) in [5.41, 5.74) is 4.71. The lowest BCUT2D eigenvalue weighted by Crippen LogP contribution is -2.49. The second kappa shape index (κ2) is 6.62. The molecule has 0 radical (unpaired) electrons. The average molecular weight is 343 g/mol. The summed E-state index contributed by atoms with van der Waals surface area (Å²) >= 11 is 0. The highest BCUT2D eigenvalue weighted by Gasteiger charge is 2.47. The fraction of sp³-hybridized carbons (Fsp3) is 0.250. The highest BCUT2D eigenvalue weighted by molar-refractivity contribution is 5.63. The normalized spacial score (nSPS) is 14.5. The van der Waals surface area contributed by atoms with Crippen molar-refractivity contribution in [2.75, 3.05) is 13.1 Å². The Labute approximate surface area is 156 Å². The van der Waals surface area contributed by atoms with Gasteiger partial charge in [0.1, 0.15) is 17.0 Å². The van der Waals surface area contributed by atoms with Crippen LogP contribution in [-0.2, 0) is 5.54 Å². The maximum absolute atomic E-state index is 6.31. The molecule has 26 heavy (non-hydrogen) atoms. The number of ether oxygens (including phenoxy) is 1. The highest BCUT2D eigenvalue weighted by Crippen LogP contribution is 2.53. The van der Waals surface area contributed by atoms with E-state index in [9.17, 15) is 0 Å². The molecule has 0 aliphatic carbocycles. The Kier molecular flexibility index (Phi) is 4.29. The van der Waals surface area contributed by atoms with Gasteiger partial charge in [-0.25, -0.2) is 0 Å². The Morgan fingerprint density at radius 2 is 1.15 bits per heavy atom. The van der Waals surface area contributed by atoms with Gasteiger partial charge in [0, 0.05) is 11.1 Å². The fourth-order valence-electron chi connectivity index (χ4n) is 4.45. The molecule has 1 aliphatic heterocycles. The lowest BCUT2D eigenvalue weighted by Gasteiger charge is -2.48. The molecule has 3 aromatic carbocycles. The molecule has 1 aliphatic rings. The third-order valence-electron chi connectivity index (χ3n) is 5.55. The Morgan fingerprint density at radius 3 is 1.65 bits per heavy atom. The van der Waals surface area contributed by atoms with Gasteiger partial charge < -0.3 is 4.74 Å². The predicted molar refractivity (Wildman–Crippen MR) is 107 cm³/mol. The number of hydrogen-bond acceptors (Lipinski definition) is 2. The van der Waals surface area contributed by atoms with Crippen LogP contribution in [0.15, 0.2) is 72.8 Å². The van der Waals surface area contributed by atoms with Gasteiger partial charge >= 0.3 is 0 Å². The zero-order chi connectivity index (χ0) is 18.1. The van der Waals surface area contributed by atoms with Crippen LogP contribution in [0.25, 0.3) is 0 Å². The largest absolute Gasteiger partial charge is 0.457 e. The molecular weight excluding hydrogens is 318 g/mol. The maximum atomic E-state index is 6.31. The van der Waals surface area contributed by atoms with E-state index in [-0.39, 0.29) is 5.54 Å². The molecular formula is C24H25NO. The van der Waals surface area contributed by atoms with E-state index in [1.807, 2.05) is 0 Å². The summed E-state index contributed by atoms with van der Waals surface area (Å²) < 4.78 is 6.31. The summed E-state index contributed by atoms with van der Waals surface area (Å²) in [4.78, 5) is 2.55. The first kappa shape index (κ1) is 16.9. The number of para-hydroxylation sites is 2. The van der Waals surface area contributed by atoms with E-state index in [1.54, 1.807) is 0 Å². The van der Waals surface area contributed by atoms with Crippen LogP contribution in [0.4, 0.5) is 0 Å². The summed E-state index contributed by atoms with van der Waals surface area (Å²) in [6.07, 6.45) is 0. The minimum Gasteiger partial charge on any atom is -0.457 e. The van der Waals surface area contributed by atoms with Crippen LogP contribution in [-0.4, -0.2) is 18.0 Å². The third-order valence-corrected chi connectivity index (χ3v) is 5.55. The molecule has 0 N–H and O–H groups in total. The Bertz CT molecular complexity index is 863. The van der Waals surface area contributed by atoms with Gasteiger partial charge in [0.15, 0.2) is 0 Å². The first-order valence-corrected chi connectivity index (χ1v) is 9.41. The van der Waals surface area contributed by atoms with Crippen LogP contribution in [0.2, 0.25) is 0 Å². The Balaban J connectivity index is 2.17. The van der Waals surface area contributed by atoms with Crippen molar-refractivity contribution < 1.29 is 4.74 Å². The van der Waals surface area contributed by atoms with Gasteiger partial charge in [0.2, 0.25) is 0 Å². The minimum absolute atomic E-state index is 0.347. The first-order chi connectivity index (χ1) is 12.7. The number of aryl methyl sites for hydroxylation is 1. The van der Waals surface area contributed by atoms with Crippen molar-refractivity contribution in [3.8, 4) is 11.5 Å². The Morgan fingerprint density at radius 1 is 0.692 bits per heavy atom. The van der Waals surface area contributed by atoms with Gasteiger partial charge in [-0.2, -0.15) is 0 Å². The smallest absolute Gasteiger partial charge is 0.133 e. The third kappa shape index (κ3) is 2.29. The van der Waals surface area contributed by atoms with E-state index in [1.165, 1.54) is 22.3 Å². The summed E-state index contributed by atoms with van der Waals surface area (Å²) in [6, 6.07) is 25.7. The molecule has 4 rings (SSSR count). The van der Waals surface area contributed by atoms with Gasteiger partial charge in [-0.15, -0.1) is 0 Å². The summed E-state index contributed by atoms with van der Waals surface area (Å²) in [5.74, 6) is 1.89. The maximum Gasteiger partial charge on any atom is 0.133 e. The fourth-order valence-corrected chi connectivity index (χ4v) is 4.45. The van der Waals surface area contributed by atoms with Crippen molar-refractivity contribution in [3.63, 3.8) is 0 Å². The van der Waals surface area contributed by atoms with Crippen molar-refractivity contribution in [2.45, 2.75) is 26.3 Å². The summed E-state index contributed by atoms with van der Waals surface area (Å²) in [6.45, 7) is 8.59. The monoisotopic (exact) mass is 343 g/mol. The van der Waals surface area contributed by atoms with Crippen LogP contribution in [0, 0.1) is 6.92 Å². The second-order valence-electron chi connectivity index (χ2n) is 6.79. The number of benzene rings is 3. The van der Waals surface area contributed by atoms with Crippen LogP contribution in [0.5, 0.6) is 11.5 Å². The molecule has 0 unspecified atom stereocenters.